The highest BCUT2D eigenvalue weighted by atomic mass is 127. The van der Waals surface area contributed by atoms with Gasteiger partial charge in [-0.15, -0.1) is 24.0 Å². The van der Waals surface area contributed by atoms with Gasteiger partial charge in [-0.25, -0.2) is 0 Å². The van der Waals surface area contributed by atoms with E-state index in [1.54, 1.807) is 7.11 Å². The van der Waals surface area contributed by atoms with Gasteiger partial charge in [0.25, 0.3) is 0 Å². The molecule has 0 radical (unpaired) electrons. The summed E-state index contributed by atoms with van der Waals surface area (Å²) in [5.74, 6) is 3.29. The largest absolute Gasteiger partial charge is 0.383 e. The van der Waals surface area contributed by atoms with Crippen molar-refractivity contribution < 1.29 is 9.47 Å². The van der Waals surface area contributed by atoms with Gasteiger partial charge in [0, 0.05) is 51.6 Å². The molecule has 2 N–H and O–H groups in total. The Morgan fingerprint density at radius 2 is 2.14 bits per heavy atom. The third-order valence-electron chi connectivity index (χ3n) is 4.17. The average Bonchev–Trinajstić information content (AvgIpc) is 3.02. The monoisotopic (exact) mass is 444 g/mol. The minimum absolute atomic E-state index is 0. The number of aliphatic imine (C=N–C) groups is 1. The highest BCUT2D eigenvalue weighted by Gasteiger charge is 2.40. The number of halogens is 1. The third kappa shape index (κ3) is 5.70. The number of methoxy groups -OCH3 is 1. The van der Waals surface area contributed by atoms with Crippen LogP contribution in [0.5, 0.6) is 0 Å². The first-order valence-electron chi connectivity index (χ1n) is 7.65. The quantitative estimate of drug-likeness (QED) is 0.271. The summed E-state index contributed by atoms with van der Waals surface area (Å²) in [6.45, 7) is 6.18. The molecule has 0 aliphatic carbocycles. The van der Waals surface area contributed by atoms with Gasteiger partial charge >= 0.3 is 0 Å². The van der Waals surface area contributed by atoms with E-state index in [0.29, 0.717) is 6.61 Å². The molecule has 6 nitrogen and oxygen atoms in total. The van der Waals surface area contributed by atoms with Crippen molar-refractivity contribution >= 4 is 41.7 Å². The number of hydrogen-bond acceptors (Lipinski definition) is 5. The fraction of sp³-hybridized carbons (Fsp3) is 0.929. The fourth-order valence-corrected chi connectivity index (χ4v) is 4.35. The van der Waals surface area contributed by atoms with Crippen LogP contribution in [0.4, 0.5) is 0 Å². The van der Waals surface area contributed by atoms with Crippen LogP contribution >= 0.6 is 35.7 Å². The lowest BCUT2D eigenvalue weighted by Gasteiger charge is -2.43. The molecule has 0 aromatic heterocycles. The zero-order valence-corrected chi connectivity index (χ0v) is 16.7. The van der Waals surface area contributed by atoms with Gasteiger partial charge in [-0.3, -0.25) is 9.89 Å². The molecule has 2 rings (SSSR count). The molecule has 2 saturated heterocycles. The SMILES string of the molecule is CN=C(NCCOC)NCC1(N2CCOCC2)CCSC1.I. The Morgan fingerprint density at radius 1 is 1.36 bits per heavy atom. The van der Waals surface area contributed by atoms with Crippen LogP contribution in [-0.4, -0.2) is 88.1 Å². The van der Waals surface area contributed by atoms with Crippen molar-refractivity contribution in [2.75, 3.05) is 71.7 Å². The van der Waals surface area contributed by atoms with Crippen LogP contribution in [-0.2, 0) is 9.47 Å². The van der Waals surface area contributed by atoms with Gasteiger partial charge in [0.2, 0.25) is 0 Å². The van der Waals surface area contributed by atoms with Gasteiger partial charge < -0.3 is 20.1 Å². The molecule has 0 aromatic carbocycles. The molecule has 0 saturated carbocycles. The van der Waals surface area contributed by atoms with E-state index in [9.17, 15) is 0 Å². The molecule has 0 amide bonds. The minimum atomic E-state index is 0. The highest BCUT2D eigenvalue weighted by molar-refractivity contribution is 14.0. The Bertz CT molecular complexity index is 335. The summed E-state index contributed by atoms with van der Waals surface area (Å²) in [6, 6.07) is 0. The zero-order valence-electron chi connectivity index (χ0n) is 13.6. The first kappa shape index (κ1) is 20.3. The molecule has 22 heavy (non-hydrogen) atoms. The molecule has 8 heteroatoms. The molecule has 0 bridgehead atoms. The highest BCUT2D eigenvalue weighted by Crippen LogP contribution is 2.33. The van der Waals surface area contributed by atoms with Crippen molar-refractivity contribution in [3.63, 3.8) is 0 Å². The number of thioether (sulfide) groups is 1. The lowest BCUT2D eigenvalue weighted by atomic mass is 9.95. The number of morpholine rings is 1. The Morgan fingerprint density at radius 3 is 2.73 bits per heavy atom. The van der Waals surface area contributed by atoms with Crippen LogP contribution in [0, 0.1) is 0 Å². The van der Waals surface area contributed by atoms with E-state index in [1.807, 2.05) is 7.05 Å². The second kappa shape index (κ2) is 10.9. The number of nitrogens with one attached hydrogen (secondary N) is 2. The van der Waals surface area contributed by atoms with Crippen LogP contribution in [0.2, 0.25) is 0 Å². The van der Waals surface area contributed by atoms with Crippen LogP contribution < -0.4 is 10.6 Å². The summed E-state index contributed by atoms with van der Waals surface area (Å²) < 4.78 is 10.6. The third-order valence-corrected chi connectivity index (χ3v) is 5.41. The summed E-state index contributed by atoms with van der Waals surface area (Å²) in [7, 11) is 3.52. The summed E-state index contributed by atoms with van der Waals surface area (Å²) in [5, 5.41) is 6.77. The Labute approximate surface area is 155 Å². The smallest absolute Gasteiger partial charge is 0.191 e. The predicted molar refractivity (Wildman–Crippen MR) is 104 cm³/mol. The zero-order chi connectivity index (χ0) is 15.0. The summed E-state index contributed by atoms with van der Waals surface area (Å²) in [4.78, 5) is 6.89. The normalized spacial score (nSPS) is 26.5. The van der Waals surface area contributed by atoms with E-state index in [1.165, 1.54) is 17.9 Å². The van der Waals surface area contributed by atoms with E-state index in [4.69, 9.17) is 9.47 Å². The maximum atomic E-state index is 5.50. The molecular weight excluding hydrogens is 415 g/mol. The lowest BCUT2D eigenvalue weighted by molar-refractivity contribution is -0.0120. The Kier molecular flexibility index (Phi) is 10.0. The van der Waals surface area contributed by atoms with Crippen LogP contribution in [0.1, 0.15) is 6.42 Å². The standard InChI is InChI=1S/C14H28N4O2S.HI/c1-15-13(16-4-7-19-2)17-11-14(3-10-21-12-14)18-5-8-20-9-6-18;/h3-12H2,1-2H3,(H2,15,16,17);1H. The Balaban J connectivity index is 0.00000242. The van der Waals surface area contributed by atoms with Gasteiger partial charge in [0.15, 0.2) is 5.96 Å². The first-order chi connectivity index (χ1) is 10.3. The molecule has 1 atom stereocenters. The van der Waals surface area contributed by atoms with Crippen LogP contribution in [0.3, 0.4) is 0 Å². The minimum Gasteiger partial charge on any atom is -0.383 e. The predicted octanol–water partition coefficient (Wildman–Crippen LogP) is 0.624. The molecular formula is C14H29IN4O2S. The number of guanidine groups is 1. The summed E-state index contributed by atoms with van der Waals surface area (Å²) >= 11 is 2.05. The van der Waals surface area contributed by atoms with Gasteiger partial charge in [-0.1, -0.05) is 0 Å². The first-order valence-corrected chi connectivity index (χ1v) is 8.80. The van der Waals surface area contributed by atoms with Gasteiger partial charge in [0.1, 0.15) is 0 Å². The van der Waals surface area contributed by atoms with E-state index in [0.717, 1.165) is 45.4 Å². The number of nitrogens with zero attached hydrogens (tertiary/aromatic N) is 2. The molecule has 0 spiro atoms. The number of rotatable bonds is 6. The molecule has 2 aliphatic heterocycles. The van der Waals surface area contributed by atoms with Crippen molar-refractivity contribution in [3.05, 3.63) is 0 Å². The molecule has 2 aliphatic rings. The summed E-state index contributed by atoms with van der Waals surface area (Å²) in [5.41, 5.74) is 0.243. The molecule has 1 unspecified atom stereocenters. The van der Waals surface area contributed by atoms with E-state index in [-0.39, 0.29) is 29.5 Å². The van der Waals surface area contributed by atoms with Gasteiger partial charge in [0.05, 0.1) is 19.8 Å². The maximum Gasteiger partial charge on any atom is 0.191 e. The fourth-order valence-electron chi connectivity index (χ4n) is 2.88. The molecule has 0 aromatic rings. The van der Waals surface area contributed by atoms with Crippen molar-refractivity contribution in [1.29, 1.82) is 0 Å². The lowest BCUT2D eigenvalue weighted by Crippen LogP contribution is -2.60. The van der Waals surface area contributed by atoms with Crippen molar-refractivity contribution in [2.45, 2.75) is 12.0 Å². The van der Waals surface area contributed by atoms with Crippen molar-refractivity contribution in [1.82, 2.24) is 15.5 Å². The van der Waals surface area contributed by atoms with Gasteiger partial charge in [-0.2, -0.15) is 11.8 Å². The number of hydrogen-bond donors (Lipinski definition) is 2. The van der Waals surface area contributed by atoms with Crippen molar-refractivity contribution in [3.8, 4) is 0 Å². The topological polar surface area (TPSA) is 58.1 Å². The van der Waals surface area contributed by atoms with Crippen LogP contribution in [0.15, 0.2) is 4.99 Å². The molecule has 2 fully saturated rings. The maximum absolute atomic E-state index is 5.50. The molecule has 2 heterocycles. The van der Waals surface area contributed by atoms with Gasteiger partial charge in [-0.05, 0) is 12.2 Å². The molecule has 130 valence electrons. The van der Waals surface area contributed by atoms with E-state index < -0.39 is 0 Å². The van der Waals surface area contributed by atoms with Crippen molar-refractivity contribution in [2.24, 2.45) is 4.99 Å². The average molecular weight is 444 g/mol. The van der Waals surface area contributed by atoms with Crippen LogP contribution in [0.25, 0.3) is 0 Å². The number of ether oxygens (including phenoxy) is 2. The summed E-state index contributed by atoms with van der Waals surface area (Å²) in [6.07, 6.45) is 1.24. The second-order valence-electron chi connectivity index (χ2n) is 5.47. The Hall–Kier alpha value is 0.230. The van der Waals surface area contributed by atoms with E-state index >= 15 is 0 Å². The second-order valence-corrected chi connectivity index (χ2v) is 6.58. The van der Waals surface area contributed by atoms with E-state index in [2.05, 4.69) is 32.3 Å².